The molecular formula is C17H24N2O5S. The van der Waals surface area contributed by atoms with Gasteiger partial charge in [-0.15, -0.1) is 0 Å². The lowest BCUT2D eigenvalue weighted by molar-refractivity contribution is -0.140. The smallest absolute Gasteiger partial charge is 0.338 e. The van der Waals surface area contributed by atoms with E-state index in [-0.39, 0.29) is 35.1 Å². The molecular weight excluding hydrogens is 344 g/mol. The molecule has 1 N–H and O–H groups in total. The SMILES string of the molecule is CNS(=O)(=O)c1cccc(C(=O)OCC(=O)N2C(C)CCCC2C)c1. The fourth-order valence-corrected chi connectivity index (χ4v) is 3.88. The lowest BCUT2D eigenvalue weighted by Gasteiger charge is -2.38. The molecule has 1 aliphatic heterocycles. The van der Waals surface area contributed by atoms with Crippen molar-refractivity contribution >= 4 is 21.9 Å². The summed E-state index contributed by atoms with van der Waals surface area (Å²) in [7, 11) is -2.36. The summed E-state index contributed by atoms with van der Waals surface area (Å²) in [6.07, 6.45) is 2.96. The van der Waals surface area contributed by atoms with Gasteiger partial charge in [0.15, 0.2) is 6.61 Å². The van der Waals surface area contributed by atoms with Crippen LogP contribution in [0.3, 0.4) is 0 Å². The van der Waals surface area contributed by atoms with Crippen LogP contribution in [0.5, 0.6) is 0 Å². The van der Waals surface area contributed by atoms with Crippen LogP contribution >= 0.6 is 0 Å². The number of likely N-dealkylation sites (tertiary alicyclic amines) is 1. The summed E-state index contributed by atoms with van der Waals surface area (Å²) in [6.45, 7) is 3.62. The number of nitrogens with zero attached hydrogens (tertiary/aromatic N) is 1. The zero-order valence-electron chi connectivity index (χ0n) is 14.7. The maximum Gasteiger partial charge on any atom is 0.338 e. The van der Waals surface area contributed by atoms with Crippen LogP contribution in [0.4, 0.5) is 0 Å². The van der Waals surface area contributed by atoms with E-state index in [1.807, 2.05) is 13.8 Å². The molecule has 0 bridgehead atoms. The van der Waals surface area contributed by atoms with Crippen molar-refractivity contribution in [3.05, 3.63) is 29.8 Å². The number of rotatable bonds is 5. The maximum absolute atomic E-state index is 12.4. The van der Waals surface area contributed by atoms with Gasteiger partial charge in [0.25, 0.3) is 5.91 Å². The number of hydrogen-bond donors (Lipinski definition) is 1. The number of nitrogens with one attached hydrogen (secondary N) is 1. The van der Waals surface area contributed by atoms with E-state index in [9.17, 15) is 18.0 Å². The molecule has 8 heteroatoms. The Kier molecular flexibility index (Phi) is 6.18. The van der Waals surface area contributed by atoms with Crippen LogP contribution in [0.15, 0.2) is 29.2 Å². The van der Waals surface area contributed by atoms with Crippen molar-refractivity contribution in [2.75, 3.05) is 13.7 Å². The largest absolute Gasteiger partial charge is 0.452 e. The summed E-state index contributed by atoms with van der Waals surface area (Å²) in [4.78, 5) is 26.3. The first-order valence-corrected chi connectivity index (χ1v) is 9.76. The van der Waals surface area contributed by atoms with Crippen LogP contribution in [0.1, 0.15) is 43.5 Å². The van der Waals surface area contributed by atoms with Gasteiger partial charge in [-0.2, -0.15) is 0 Å². The van der Waals surface area contributed by atoms with Gasteiger partial charge < -0.3 is 9.64 Å². The quantitative estimate of drug-likeness (QED) is 0.796. The fourth-order valence-electron chi connectivity index (χ4n) is 3.11. The molecule has 0 spiro atoms. The first-order valence-electron chi connectivity index (χ1n) is 8.28. The zero-order valence-corrected chi connectivity index (χ0v) is 15.5. The predicted octanol–water partition coefficient (Wildman–Crippen LogP) is 1.54. The molecule has 1 fully saturated rings. The van der Waals surface area contributed by atoms with Crippen LogP contribution in [0.2, 0.25) is 0 Å². The Labute approximate surface area is 148 Å². The van der Waals surface area contributed by atoms with Crippen molar-refractivity contribution in [3.8, 4) is 0 Å². The average molecular weight is 368 g/mol. The maximum atomic E-state index is 12.4. The molecule has 0 saturated carbocycles. The number of carbonyl (C=O) groups is 2. The standard InChI is InChI=1S/C17H24N2O5S/c1-12-6-4-7-13(2)19(12)16(20)11-24-17(21)14-8-5-9-15(10-14)25(22,23)18-3/h5,8-10,12-13,18H,4,6-7,11H2,1-3H3. The molecule has 1 aliphatic rings. The van der Waals surface area contributed by atoms with Crippen molar-refractivity contribution in [1.82, 2.24) is 9.62 Å². The Balaban J connectivity index is 2.03. The molecule has 2 rings (SSSR count). The molecule has 0 aliphatic carbocycles. The van der Waals surface area contributed by atoms with Crippen LogP contribution in [0, 0.1) is 0 Å². The highest BCUT2D eigenvalue weighted by Gasteiger charge is 2.29. The van der Waals surface area contributed by atoms with E-state index >= 15 is 0 Å². The zero-order chi connectivity index (χ0) is 18.6. The van der Waals surface area contributed by atoms with E-state index in [1.54, 1.807) is 4.90 Å². The molecule has 0 radical (unpaired) electrons. The van der Waals surface area contributed by atoms with E-state index in [0.717, 1.165) is 19.3 Å². The summed E-state index contributed by atoms with van der Waals surface area (Å²) in [5.41, 5.74) is 0.0869. The first kappa shape index (κ1) is 19.4. The Hall–Kier alpha value is -1.93. The van der Waals surface area contributed by atoms with Crippen LogP contribution in [-0.4, -0.2) is 50.9 Å². The lowest BCUT2D eigenvalue weighted by atomic mass is 9.97. The number of benzene rings is 1. The Morgan fingerprint density at radius 2 is 1.88 bits per heavy atom. The number of ether oxygens (including phenoxy) is 1. The highest BCUT2D eigenvalue weighted by atomic mass is 32.2. The Morgan fingerprint density at radius 3 is 2.48 bits per heavy atom. The second-order valence-corrected chi connectivity index (χ2v) is 8.13. The van der Waals surface area contributed by atoms with Crippen molar-refractivity contribution in [2.24, 2.45) is 0 Å². The van der Waals surface area contributed by atoms with E-state index in [1.165, 1.54) is 31.3 Å². The van der Waals surface area contributed by atoms with Gasteiger partial charge in [0, 0.05) is 12.1 Å². The average Bonchev–Trinajstić information content (AvgIpc) is 2.59. The van der Waals surface area contributed by atoms with Gasteiger partial charge in [-0.3, -0.25) is 4.79 Å². The summed E-state index contributed by atoms with van der Waals surface area (Å²) >= 11 is 0. The third-order valence-corrected chi connectivity index (χ3v) is 5.87. The highest BCUT2D eigenvalue weighted by molar-refractivity contribution is 7.89. The van der Waals surface area contributed by atoms with Crippen LogP contribution in [0.25, 0.3) is 0 Å². The van der Waals surface area contributed by atoms with Crippen LogP contribution in [-0.2, 0) is 19.6 Å². The van der Waals surface area contributed by atoms with Gasteiger partial charge in [-0.1, -0.05) is 6.07 Å². The van der Waals surface area contributed by atoms with Gasteiger partial charge in [0.1, 0.15) is 0 Å². The van der Waals surface area contributed by atoms with Crippen molar-refractivity contribution < 1.29 is 22.7 Å². The third kappa shape index (κ3) is 4.58. The van der Waals surface area contributed by atoms with Gasteiger partial charge in [0.2, 0.25) is 10.0 Å². The van der Waals surface area contributed by atoms with Crippen LogP contribution < -0.4 is 4.72 Å². The van der Waals surface area contributed by atoms with Gasteiger partial charge >= 0.3 is 5.97 Å². The number of piperidine rings is 1. The van der Waals surface area contributed by atoms with E-state index in [0.29, 0.717) is 0 Å². The molecule has 2 unspecified atom stereocenters. The summed E-state index contributed by atoms with van der Waals surface area (Å²) in [5.74, 6) is -0.953. The van der Waals surface area contributed by atoms with Gasteiger partial charge in [-0.25, -0.2) is 17.9 Å². The number of hydrogen-bond acceptors (Lipinski definition) is 5. The number of amides is 1. The molecule has 7 nitrogen and oxygen atoms in total. The minimum Gasteiger partial charge on any atom is -0.452 e. The lowest BCUT2D eigenvalue weighted by Crippen LogP contribution is -2.49. The van der Waals surface area contributed by atoms with Crippen molar-refractivity contribution in [3.63, 3.8) is 0 Å². The normalized spacial score (nSPS) is 21.0. The molecule has 1 heterocycles. The van der Waals surface area contributed by atoms with Crippen molar-refractivity contribution in [2.45, 2.75) is 50.1 Å². The molecule has 0 aromatic heterocycles. The third-order valence-electron chi connectivity index (χ3n) is 4.46. The van der Waals surface area contributed by atoms with E-state index < -0.39 is 16.0 Å². The topological polar surface area (TPSA) is 92.8 Å². The van der Waals surface area contributed by atoms with Crippen molar-refractivity contribution in [1.29, 1.82) is 0 Å². The number of sulfonamides is 1. The fraction of sp³-hybridized carbons (Fsp3) is 0.529. The number of esters is 1. The summed E-state index contributed by atoms with van der Waals surface area (Å²) in [6, 6.07) is 5.76. The minimum atomic E-state index is -3.65. The molecule has 1 aromatic rings. The molecule has 1 saturated heterocycles. The minimum absolute atomic E-state index is 0.0333. The molecule has 138 valence electrons. The number of carbonyl (C=O) groups excluding carboxylic acids is 2. The highest BCUT2D eigenvalue weighted by Crippen LogP contribution is 2.22. The second kappa shape index (κ2) is 7.97. The molecule has 25 heavy (non-hydrogen) atoms. The molecule has 1 amide bonds. The Morgan fingerprint density at radius 1 is 1.24 bits per heavy atom. The monoisotopic (exact) mass is 368 g/mol. The molecule has 1 aromatic carbocycles. The Bertz CT molecular complexity index is 737. The second-order valence-electron chi connectivity index (χ2n) is 6.24. The summed E-state index contributed by atoms with van der Waals surface area (Å²) < 4.78 is 30.9. The first-order chi connectivity index (χ1) is 11.8. The summed E-state index contributed by atoms with van der Waals surface area (Å²) in [5, 5.41) is 0. The predicted molar refractivity (Wildman–Crippen MR) is 92.6 cm³/mol. The molecule has 2 atom stereocenters. The van der Waals surface area contributed by atoms with Gasteiger partial charge in [-0.05, 0) is 58.4 Å². The van der Waals surface area contributed by atoms with Gasteiger partial charge in [0.05, 0.1) is 10.5 Å². The van der Waals surface area contributed by atoms with E-state index in [4.69, 9.17) is 4.74 Å². The van der Waals surface area contributed by atoms with E-state index in [2.05, 4.69) is 4.72 Å².